The molecule has 0 saturated carbocycles. The first-order valence-corrected chi connectivity index (χ1v) is 19.5. The van der Waals surface area contributed by atoms with Gasteiger partial charge in [0.15, 0.2) is 0 Å². The number of aromatic hydroxyl groups is 1. The van der Waals surface area contributed by atoms with E-state index in [1.54, 1.807) is 53.1 Å². The zero-order valence-corrected chi connectivity index (χ0v) is 36.3. The second-order valence-corrected chi connectivity index (χ2v) is 16.4. The number of hydrogen-bond acceptors (Lipinski definition) is 3. The molecule has 0 radical (unpaired) electrons. The van der Waals surface area contributed by atoms with Gasteiger partial charge in [-0.15, -0.1) is 29.3 Å². The van der Waals surface area contributed by atoms with Gasteiger partial charge in [-0.1, -0.05) is 144 Å². The monoisotopic (exact) mass is 964 g/mol. The van der Waals surface area contributed by atoms with E-state index in [1.807, 2.05) is 56.3 Å². The molecule has 300 valence electrons. The van der Waals surface area contributed by atoms with Crippen molar-refractivity contribution in [3.8, 4) is 67.5 Å². The molecule has 4 nitrogen and oxygen atoms in total. The Labute approximate surface area is 379 Å². The first-order valence-electron chi connectivity index (χ1n) is 25.0. The smallest absolute Gasteiger partial charge is 0.148 e. The van der Waals surface area contributed by atoms with E-state index in [-0.39, 0.29) is 73.0 Å². The molecule has 0 fully saturated rings. The summed E-state index contributed by atoms with van der Waals surface area (Å²) in [5.74, 6) is 0.291. The zero-order valence-electron chi connectivity index (χ0n) is 45.1. The third-order valence-corrected chi connectivity index (χ3v) is 10.7. The molecule has 0 amide bonds. The first kappa shape index (κ1) is 29.6. The quantitative estimate of drug-likeness (QED) is 0.154. The summed E-state index contributed by atoms with van der Waals surface area (Å²) >= 11 is 0. The van der Waals surface area contributed by atoms with Crippen molar-refractivity contribution >= 4 is 11.0 Å². The van der Waals surface area contributed by atoms with Gasteiger partial charge >= 0.3 is 0 Å². The number of aryl methyl sites for hydroxylation is 1. The Morgan fingerprint density at radius 3 is 2.19 bits per heavy atom. The number of pyridine rings is 1. The van der Waals surface area contributed by atoms with Gasteiger partial charge in [-0.2, -0.15) is 0 Å². The predicted molar refractivity (Wildman–Crippen MR) is 243 cm³/mol. The Hall–Kier alpha value is -5.57. The van der Waals surface area contributed by atoms with Crippen LogP contribution in [0.2, 0.25) is 0 Å². The van der Waals surface area contributed by atoms with Gasteiger partial charge in [0.2, 0.25) is 0 Å². The maximum atomic E-state index is 12.3. The second kappa shape index (κ2) is 16.6. The largest absolute Gasteiger partial charge is 0.507 e. The minimum Gasteiger partial charge on any atom is -0.507 e. The molecule has 0 spiro atoms. The van der Waals surface area contributed by atoms with E-state index >= 15 is 0 Å². The number of nitrogens with zero attached hydrogens (tertiary/aromatic N) is 3. The van der Waals surface area contributed by atoms with E-state index in [2.05, 4.69) is 40.7 Å². The summed E-state index contributed by atoms with van der Waals surface area (Å²) < 4.78 is 96.0. The summed E-state index contributed by atoms with van der Waals surface area (Å²) in [6, 6.07) is 30.3. The second-order valence-electron chi connectivity index (χ2n) is 16.4. The first-order chi connectivity index (χ1) is 32.3. The molecule has 0 aliphatic rings. The van der Waals surface area contributed by atoms with Gasteiger partial charge in [0.1, 0.15) is 11.6 Å². The summed E-state index contributed by atoms with van der Waals surface area (Å²) in [5, 5.41) is 12.3. The number of hydrogen-bond donors (Lipinski definition) is 1. The van der Waals surface area contributed by atoms with Crippen LogP contribution in [0.5, 0.6) is 5.75 Å². The predicted octanol–water partition coefficient (Wildman–Crippen LogP) is 14.4. The standard InChI is InChI=1S/C54H52N3O.Pt/c1-33(2)40-29-46(34(3)4)52(58)48(30-40)53-56-51-45(21-16-22-50(51)57(53)44-25-35(5)36(6)47(32-44)38-19-14-11-15-20-38)41-26-42(28-43(27-41)54(7,8)9)49-31-39(23-24-55-49)37-17-12-10-13-18-37;/h10-25,27-34,58H,1-9H3;/q-1;/i5D3,6D3,10D,12D,13D,17D,18D;. The number of imidazole rings is 1. The number of para-hydroxylation sites is 1. The van der Waals surface area contributed by atoms with Crippen molar-refractivity contribution in [2.45, 2.75) is 79.4 Å². The van der Waals surface area contributed by atoms with Crippen LogP contribution in [0.15, 0.2) is 133 Å². The Morgan fingerprint density at radius 2 is 1.49 bits per heavy atom. The fourth-order valence-corrected chi connectivity index (χ4v) is 7.40. The van der Waals surface area contributed by atoms with Gasteiger partial charge in [-0.25, -0.2) is 4.98 Å². The van der Waals surface area contributed by atoms with E-state index in [9.17, 15) is 5.11 Å². The molecular weight excluding hydrogens is 902 g/mol. The van der Waals surface area contributed by atoms with E-state index in [0.717, 1.165) is 11.1 Å². The number of fused-ring (bicyclic) bond motifs is 1. The summed E-state index contributed by atoms with van der Waals surface area (Å²) in [4.78, 5) is 10.1. The fraction of sp³-hybridized carbons (Fsp3) is 0.222. The van der Waals surface area contributed by atoms with E-state index in [4.69, 9.17) is 25.0 Å². The SMILES string of the molecule is [2H]c1c([2H])c([2H])c(-c2ccnc(-c3[c-]c(-c4cccc5c4nc(-c4cc(C(C)C)cc(C(C)C)c4O)n5-c4cc(-c5ccccc5)c(C([2H])([2H])[2H])c(C([2H])([2H])[2H])c4)cc(C(C)(C)C)c3)c2)c([2H])c1[2H].[Pt]. The van der Waals surface area contributed by atoms with Crippen LogP contribution in [0, 0.1) is 19.8 Å². The topological polar surface area (TPSA) is 50.9 Å². The third kappa shape index (κ3) is 8.08. The van der Waals surface area contributed by atoms with Crippen LogP contribution in [0.1, 0.15) is 103 Å². The maximum absolute atomic E-state index is 12.3. The molecule has 1 N–H and O–H groups in total. The molecule has 2 aromatic heterocycles. The molecule has 6 aromatic carbocycles. The van der Waals surface area contributed by atoms with E-state index < -0.39 is 37.2 Å². The van der Waals surface area contributed by atoms with Crippen LogP contribution in [0.25, 0.3) is 72.7 Å². The number of benzene rings is 6. The van der Waals surface area contributed by atoms with Gasteiger partial charge in [-0.05, 0) is 106 Å². The van der Waals surface area contributed by atoms with Crippen LogP contribution >= 0.6 is 0 Å². The average Bonchev–Trinajstić information content (AvgIpc) is 3.69. The van der Waals surface area contributed by atoms with Crippen LogP contribution in [0.4, 0.5) is 0 Å². The average molecular weight is 965 g/mol. The molecule has 0 atom stereocenters. The number of phenols is 1. The van der Waals surface area contributed by atoms with E-state index in [1.165, 1.54) is 12.3 Å². The van der Waals surface area contributed by atoms with Gasteiger partial charge in [0.25, 0.3) is 0 Å². The molecule has 0 saturated heterocycles. The zero-order chi connectivity index (χ0) is 50.2. The van der Waals surface area contributed by atoms with Crippen molar-refractivity contribution in [2.24, 2.45) is 0 Å². The Balaban J connectivity index is 0.00000722. The molecule has 0 unspecified atom stereocenters. The minimum absolute atomic E-state index is 0. The number of aromatic nitrogens is 3. The summed E-state index contributed by atoms with van der Waals surface area (Å²) in [5.41, 5.74) is 6.77. The van der Waals surface area contributed by atoms with Gasteiger partial charge in [0, 0.05) is 46.9 Å². The Morgan fingerprint density at radius 1 is 0.729 bits per heavy atom. The minimum atomic E-state index is -2.85. The Bertz CT molecular complexity index is 3290. The molecule has 59 heavy (non-hydrogen) atoms. The third-order valence-electron chi connectivity index (χ3n) is 10.7. The van der Waals surface area contributed by atoms with Gasteiger partial charge < -0.3 is 5.11 Å². The van der Waals surface area contributed by atoms with Crippen LogP contribution in [0.3, 0.4) is 0 Å². The number of phenolic OH excluding ortho intramolecular Hbond substituents is 1. The van der Waals surface area contributed by atoms with Crippen molar-refractivity contribution in [3.63, 3.8) is 0 Å². The van der Waals surface area contributed by atoms with Crippen LogP contribution in [-0.4, -0.2) is 19.6 Å². The molecular formula is C54H52N3OPt-. The van der Waals surface area contributed by atoms with Crippen LogP contribution < -0.4 is 0 Å². The van der Waals surface area contributed by atoms with Crippen molar-refractivity contribution < 1.29 is 41.3 Å². The molecule has 0 aliphatic carbocycles. The van der Waals surface area contributed by atoms with Gasteiger partial charge in [-0.3, -0.25) is 9.55 Å². The molecule has 2 heterocycles. The molecule has 5 heteroatoms. The maximum Gasteiger partial charge on any atom is 0.148 e. The van der Waals surface area contributed by atoms with Crippen molar-refractivity contribution in [3.05, 3.63) is 167 Å². The van der Waals surface area contributed by atoms with E-state index in [0.29, 0.717) is 67.2 Å². The molecule has 8 aromatic rings. The van der Waals surface area contributed by atoms with Crippen molar-refractivity contribution in [2.75, 3.05) is 0 Å². The summed E-state index contributed by atoms with van der Waals surface area (Å²) in [7, 11) is 0. The van der Waals surface area contributed by atoms with Crippen molar-refractivity contribution in [1.29, 1.82) is 0 Å². The van der Waals surface area contributed by atoms with Gasteiger partial charge in [0.05, 0.1) is 23.5 Å². The number of rotatable bonds is 8. The summed E-state index contributed by atoms with van der Waals surface area (Å²) in [6.45, 7) is 8.70. The fourth-order valence-electron chi connectivity index (χ4n) is 7.40. The molecule has 0 aliphatic heterocycles. The summed E-state index contributed by atoms with van der Waals surface area (Å²) in [6.07, 6.45) is 1.54. The molecule has 8 rings (SSSR count). The van der Waals surface area contributed by atoms with Crippen LogP contribution in [-0.2, 0) is 26.5 Å². The Kier molecular flexibility index (Phi) is 8.32. The molecule has 0 bridgehead atoms. The normalized spacial score (nSPS) is 14.8. The van der Waals surface area contributed by atoms with Crippen molar-refractivity contribution in [1.82, 2.24) is 14.5 Å².